The summed E-state index contributed by atoms with van der Waals surface area (Å²) in [5, 5.41) is 2.43. The van der Waals surface area contributed by atoms with Gasteiger partial charge in [-0.05, 0) is 50.0 Å². The molecule has 3 aromatic rings. The lowest BCUT2D eigenvalue weighted by Crippen LogP contribution is -2.47. The molecular weight excluding hydrogens is 372 g/mol. The Morgan fingerprint density at radius 3 is 2.71 bits per heavy atom. The van der Waals surface area contributed by atoms with Crippen LogP contribution in [0, 0.1) is 0 Å². The summed E-state index contributed by atoms with van der Waals surface area (Å²) in [5.41, 5.74) is 0.955. The summed E-state index contributed by atoms with van der Waals surface area (Å²) >= 11 is 1.44. The van der Waals surface area contributed by atoms with Crippen LogP contribution in [0.1, 0.15) is 18.4 Å². The molecule has 6 nitrogen and oxygen atoms in total. The van der Waals surface area contributed by atoms with Crippen LogP contribution in [0.2, 0.25) is 0 Å². The van der Waals surface area contributed by atoms with E-state index in [9.17, 15) is 9.59 Å². The normalized spacial score (nSPS) is 15.8. The second-order valence-electron chi connectivity index (χ2n) is 7.36. The minimum Gasteiger partial charge on any atom is -0.334 e. The number of likely N-dealkylation sites (tertiary alicyclic amines) is 1. The molecule has 0 spiro atoms. The van der Waals surface area contributed by atoms with E-state index in [0.717, 1.165) is 31.5 Å². The number of carbonyl (C=O) groups excluding carboxylic acids is 1. The summed E-state index contributed by atoms with van der Waals surface area (Å²) < 4.78 is 1.43. The Labute approximate surface area is 168 Å². The van der Waals surface area contributed by atoms with Crippen molar-refractivity contribution in [3.8, 4) is 0 Å². The molecule has 1 aliphatic heterocycles. The highest BCUT2D eigenvalue weighted by atomic mass is 32.1. The first-order chi connectivity index (χ1) is 13.6. The Morgan fingerprint density at radius 2 is 1.96 bits per heavy atom. The van der Waals surface area contributed by atoms with E-state index in [-0.39, 0.29) is 24.1 Å². The molecule has 0 radical (unpaired) electrons. The number of carbonyl (C=O) groups is 1. The predicted molar refractivity (Wildman–Crippen MR) is 111 cm³/mol. The van der Waals surface area contributed by atoms with Gasteiger partial charge in [-0.3, -0.25) is 14.2 Å². The molecule has 1 saturated heterocycles. The lowest BCUT2D eigenvalue weighted by molar-refractivity contribution is -0.136. The van der Waals surface area contributed by atoms with Crippen molar-refractivity contribution in [3.05, 3.63) is 64.0 Å². The van der Waals surface area contributed by atoms with Crippen molar-refractivity contribution >= 4 is 27.5 Å². The van der Waals surface area contributed by atoms with Gasteiger partial charge in [0.05, 0.1) is 11.7 Å². The van der Waals surface area contributed by atoms with E-state index in [1.165, 1.54) is 22.2 Å². The molecular formula is C21H24N4O2S. The van der Waals surface area contributed by atoms with Gasteiger partial charge in [-0.2, -0.15) is 0 Å². The van der Waals surface area contributed by atoms with E-state index in [0.29, 0.717) is 16.8 Å². The third-order valence-electron chi connectivity index (χ3n) is 5.40. The Morgan fingerprint density at radius 1 is 1.21 bits per heavy atom. The molecule has 0 unspecified atom stereocenters. The molecule has 0 N–H and O–H groups in total. The number of thiophene rings is 1. The Balaban J connectivity index is 1.58. The highest BCUT2D eigenvalue weighted by Gasteiger charge is 2.27. The number of fused-ring (bicyclic) bond motifs is 1. The molecule has 146 valence electrons. The quantitative estimate of drug-likeness (QED) is 0.665. The number of amides is 1. The molecule has 4 rings (SSSR count). The number of hydrogen-bond acceptors (Lipinski definition) is 5. The third kappa shape index (κ3) is 4.00. The molecule has 0 bridgehead atoms. The average molecular weight is 397 g/mol. The van der Waals surface area contributed by atoms with Crippen molar-refractivity contribution in [2.75, 3.05) is 20.1 Å². The van der Waals surface area contributed by atoms with E-state index < -0.39 is 0 Å². The number of nitrogens with zero attached hydrogens (tertiary/aromatic N) is 4. The number of rotatable bonds is 5. The number of aromatic nitrogens is 2. The highest BCUT2D eigenvalue weighted by molar-refractivity contribution is 7.16. The fraction of sp³-hybridized carbons (Fsp3) is 0.381. The maximum Gasteiger partial charge on any atom is 0.262 e. The van der Waals surface area contributed by atoms with Crippen LogP contribution in [0.5, 0.6) is 0 Å². The first kappa shape index (κ1) is 18.8. The molecule has 0 aliphatic carbocycles. The third-order valence-corrected chi connectivity index (χ3v) is 6.22. The summed E-state index contributed by atoms with van der Waals surface area (Å²) in [6.45, 7) is 2.55. The monoisotopic (exact) mass is 396 g/mol. The van der Waals surface area contributed by atoms with E-state index in [1.54, 1.807) is 6.07 Å². The van der Waals surface area contributed by atoms with Crippen LogP contribution in [-0.2, 0) is 17.9 Å². The second-order valence-corrected chi connectivity index (χ2v) is 8.25. The van der Waals surface area contributed by atoms with Crippen LogP contribution in [0.3, 0.4) is 0 Å². The molecule has 2 aromatic heterocycles. The Hall–Kier alpha value is -2.51. The fourth-order valence-corrected chi connectivity index (χ4v) is 4.47. The number of piperidine rings is 1. The molecule has 3 heterocycles. The SMILES string of the molecule is CN1CCC(N(Cc2ccccc2)C(=O)Cn2cnc3sccc3c2=O)CC1. The Kier molecular flexibility index (Phi) is 5.54. The van der Waals surface area contributed by atoms with Crippen LogP contribution in [-0.4, -0.2) is 51.4 Å². The standard InChI is InChI=1S/C21H24N4O2S/c1-23-10-7-17(8-11-23)25(13-16-5-3-2-4-6-16)19(26)14-24-15-22-20-18(21(24)27)9-12-28-20/h2-6,9,12,15,17H,7-8,10-11,13-14H2,1H3. The lowest BCUT2D eigenvalue weighted by atomic mass is 10.0. The number of benzene rings is 1. The minimum absolute atomic E-state index is 0.0246. The van der Waals surface area contributed by atoms with Crippen LogP contribution < -0.4 is 5.56 Å². The molecule has 1 amide bonds. The van der Waals surface area contributed by atoms with Gasteiger partial charge in [0.15, 0.2) is 0 Å². The van der Waals surface area contributed by atoms with E-state index >= 15 is 0 Å². The van der Waals surface area contributed by atoms with Crippen molar-refractivity contribution < 1.29 is 4.79 Å². The zero-order chi connectivity index (χ0) is 19.5. The van der Waals surface area contributed by atoms with Gasteiger partial charge in [-0.1, -0.05) is 30.3 Å². The molecule has 1 aliphatic rings. The van der Waals surface area contributed by atoms with Crippen LogP contribution in [0.4, 0.5) is 0 Å². The van der Waals surface area contributed by atoms with Gasteiger partial charge in [0.25, 0.3) is 5.56 Å². The highest BCUT2D eigenvalue weighted by Crippen LogP contribution is 2.19. The first-order valence-corrected chi connectivity index (χ1v) is 10.4. The second kappa shape index (κ2) is 8.24. The minimum atomic E-state index is -0.150. The first-order valence-electron chi connectivity index (χ1n) is 9.56. The van der Waals surface area contributed by atoms with Gasteiger partial charge in [-0.15, -0.1) is 11.3 Å². The van der Waals surface area contributed by atoms with Crippen molar-refractivity contribution in [2.45, 2.75) is 32.0 Å². The van der Waals surface area contributed by atoms with Gasteiger partial charge in [0, 0.05) is 12.6 Å². The zero-order valence-corrected chi connectivity index (χ0v) is 16.8. The molecule has 1 fully saturated rings. The van der Waals surface area contributed by atoms with Gasteiger partial charge in [0.1, 0.15) is 11.4 Å². The fourth-order valence-electron chi connectivity index (χ4n) is 3.75. The summed E-state index contributed by atoms with van der Waals surface area (Å²) in [6.07, 6.45) is 3.39. The predicted octanol–water partition coefficient (Wildman–Crippen LogP) is 2.58. The molecule has 28 heavy (non-hydrogen) atoms. The zero-order valence-electron chi connectivity index (χ0n) is 16.0. The Bertz CT molecular complexity index is 1010. The maximum absolute atomic E-state index is 13.3. The number of hydrogen-bond donors (Lipinski definition) is 0. The van der Waals surface area contributed by atoms with E-state index in [2.05, 4.69) is 16.9 Å². The lowest BCUT2D eigenvalue weighted by Gasteiger charge is -2.37. The molecule has 0 saturated carbocycles. The van der Waals surface area contributed by atoms with E-state index in [4.69, 9.17) is 0 Å². The largest absolute Gasteiger partial charge is 0.334 e. The van der Waals surface area contributed by atoms with Crippen LogP contribution >= 0.6 is 11.3 Å². The topological polar surface area (TPSA) is 58.4 Å². The van der Waals surface area contributed by atoms with Crippen molar-refractivity contribution in [1.82, 2.24) is 19.4 Å². The van der Waals surface area contributed by atoms with Gasteiger partial charge >= 0.3 is 0 Å². The maximum atomic E-state index is 13.3. The van der Waals surface area contributed by atoms with Crippen LogP contribution in [0.25, 0.3) is 10.2 Å². The van der Waals surface area contributed by atoms with Crippen molar-refractivity contribution in [3.63, 3.8) is 0 Å². The van der Waals surface area contributed by atoms with Crippen LogP contribution in [0.15, 0.2) is 52.9 Å². The van der Waals surface area contributed by atoms with Crippen molar-refractivity contribution in [1.29, 1.82) is 0 Å². The van der Waals surface area contributed by atoms with Gasteiger partial charge in [-0.25, -0.2) is 4.98 Å². The summed E-state index contributed by atoms with van der Waals surface area (Å²) in [7, 11) is 2.11. The average Bonchev–Trinajstić information content (AvgIpc) is 3.19. The summed E-state index contributed by atoms with van der Waals surface area (Å²) in [5.74, 6) is -0.0307. The molecule has 1 aromatic carbocycles. The van der Waals surface area contributed by atoms with Gasteiger partial charge in [0.2, 0.25) is 5.91 Å². The summed E-state index contributed by atoms with van der Waals surface area (Å²) in [6, 6.07) is 12.0. The van der Waals surface area contributed by atoms with E-state index in [1.807, 2.05) is 40.6 Å². The molecule has 7 heteroatoms. The van der Waals surface area contributed by atoms with Crippen molar-refractivity contribution in [2.24, 2.45) is 0 Å². The van der Waals surface area contributed by atoms with Gasteiger partial charge < -0.3 is 9.80 Å². The molecule has 0 atom stereocenters. The summed E-state index contributed by atoms with van der Waals surface area (Å²) in [4.78, 5) is 35.2. The smallest absolute Gasteiger partial charge is 0.262 e.